The van der Waals surface area contributed by atoms with E-state index in [1.54, 1.807) is 0 Å². The van der Waals surface area contributed by atoms with Gasteiger partial charge in [-0.15, -0.1) is 0 Å². The highest BCUT2D eigenvalue weighted by Crippen LogP contribution is 2.39. The van der Waals surface area contributed by atoms with E-state index in [0.717, 1.165) is 23.7 Å². The Morgan fingerprint density at radius 3 is 0.532 bits per heavy atom. The Balaban J connectivity index is -0.000000342. The molecule has 0 amide bonds. The molecule has 4 rings (SSSR count). The molecule has 4 aliphatic heterocycles. The average Bonchev–Trinajstić information content (AvgIpc) is 3.87. The first-order valence-electron chi connectivity index (χ1n) is 26.8. The van der Waals surface area contributed by atoms with E-state index >= 15 is 0 Å². The standard InChI is InChI=1S/2C13H27N.2C12H25N.4C2H6/c2*1-12(2,3)11-8-7-9-14(10-11)13(4,5)6;2*1-11(2,3)10-7-8-13(9-10)12(4,5)6;4*1-2/h2*11H,7-10H2,1-6H3;2*10H,7-9H2,1-6H3;4*1-2H3/t2*11-;2*10-;;;;/m1010..../s1. The van der Waals surface area contributed by atoms with Gasteiger partial charge in [0.15, 0.2) is 0 Å². The van der Waals surface area contributed by atoms with Crippen LogP contribution in [0.25, 0.3) is 0 Å². The minimum absolute atomic E-state index is 0.351. The maximum Gasteiger partial charge on any atom is 0.0125 e. The van der Waals surface area contributed by atoms with Gasteiger partial charge in [-0.25, -0.2) is 0 Å². The van der Waals surface area contributed by atoms with Crippen LogP contribution in [0.5, 0.6) is 0 Å². The monoisotopic (exact) mass is 881 g/mol. The van der Waals surface area contributed by atoms with Crippen LogP contribution in [-0.4, -0.2) is 94.1 Å². The van der Waals surface area contributed by atoms with Crippen LogP contribution in [0.15, 0.2) is 0 Å². The Bertz CT molecular complexity index is 885. The summed E-state index contributed by atoms with van der Waals surface area (Å²) in [4.78, 5) is 10.5. The van der Waals surface area contributed by atoms with E-state index in [4.69, 9.17) is 0 Å². The van der Waals surface area contributed by atoms with Gasteiger partial charge < -0.3 is 0 Å². The van der Waals surface area contributed by atoms with Gasteiger partial charge in [-0.1, -0.05) is 138 Å². The normalized spacial score (nSPS) is 23.6. The zero-order chi connectivity index (χ0) is 50.5. The molecule has 0 aromatic carbocycles. The number of hydrogen-bond donors (Lipinski definition) is 0. The molecule has 4 saturated heterocycles. The molecule has 0 aromatic heterocycles. The Morgan fingerprint density at radius 2 is 0.403 bits per heavy atom. The van der Waals surface area contributed by atoms with Crippen molar-refractivity contribution in [2.75, 3.05) is 52.4 Å². The summed E-state index contributed by atoms with van der Waals surface area (Å²) in [6.07, 6.45) is 8.33. The summed E-state index contributed by atoms with van der Waals surface area (Å²) in [6, 6.07) is 0. The minimum atomic E-state index is 0.351. The molecule has 0 unspecified atom stereocenters. The molecule has 4 heteroatoms. The Labute approximate surface area is 398 Å². The number of hydrogen-bond acceptors (Lipinski definition) is 4. The first-order chi connectivity index (χ1) is 27.8. The Morgan fingerprint density at radius 1 is 0.242 bits per heavy atom. The molecule has 4 heterocycles. The SMILES string of the molecule is CC.CC.CC.CC.CC(C)(C)[C@@H]1CCCN(C(C)(C)C)C1.CC(C)(C)[C@@H]1CCN(C(C)(C)C)C1.CC(C)(C)[C@H]1CCCN(C(C)(C)C)C1.CC(C)(C)[C@H]1CCN(C(C)(C)C)C1. The van der Waals surface area contributed by atoms with E-state index in [1.165, 1.54) is 90.9 Å². The highest BCUT2D eigenvalue weighted by molar-refractivity contribution is 4.91. The van der Waals surface area contributed by atoms with Crippen LogP contribution in [0.2, 0.25) is 0 Å². The molecular weight excluding hydrogens is 753 g/mol. The molecule has 0 radical (unpaired) electrons. The fourth-order valence-electron chi connectivity index (χ4n) is 8.74. The topological polar surface area (TPSA) is 13.0 Å². The lowest BCUT2D eigenvalue weighted by atomic mass is 9.75. The highest BCUT2D eigenvalue weighted by Gasteiger charge is 2.38. The summed E-state index contributed by atoms with van der Waals surface area (Å²) in [6.45, 7) is 82.6. The van der Waals surface area contributed by atoms with E-state index < -0.39 is 0 Å². The number of likely N-dealkylation sites (tertiary alicyclic amines) is 4. The molecular formula is C58H128N4. The van der Waals surface area contributed by atoms with Gasteiger partial charge in [-0.3, -0.25) is 19.6 Å². The lowest BCUT2D eigenvalue weighted by Gasteiger charge is -2.45. The summed E-state index contributed by atoms with van der Waals surface area (Å²) < 4.78 is 0. The predicted octanol–water partition coefficient (Wildman–Crippen LogP) is 17.5. The van der Waals surface area contributed by atoms with E-state index in [0.29, 0.717) is 43.8 Å². The van der Waals surface area contributed by atoms with Crippen LogP contribution in [-0.2, 0) is 0 Å². The van der Waals surface area contributed by atoms with Gasteiger partial charge in [0.1, 0.15) is 0 Å². The van der Waals surface area contributed by atoms with Crippen LogP contribution < -0.4 is 0 Å². The lowest BCUT2D eigenvalue weighted by Crippen LogP contribution is -2.49. The van der Waals surface area contributed by atoms with Gasteiger partial charge >= 0.3 is 0 Å². The van der Waals surface area contributed by atoms with Gasteiger partial charge in [0, 0.05) is 48.3 Å². The third-order valence-electron chi connectivity index (χ3n) is 13.9. The van der Waals surface area contributed by atoms with E-state index in [9.17, 15) is 0 Å². The lowest BCUT2D eigenvalue weighted by molar-refractivity contribution is 0.0386. The van der Waals surface area contributed by atoms with Crippen molar-refractivity contribution >= 4 is 0 Å². The van der Waals surface area contributed by atoms with Crippen LogP contribution in [0.4, 0.5) is 0 Å². The summed E-state index contributed by atoms with van der Waals surface area (Å²) in [5.41, 5.74) is 3.35. The largest absolute Gasteiger partial charge is 0.298 e. The number of nitrogens with zero attached hydrogens (tertiary/aromatic N) is 4. The minimum Gasteiger partial charge on any atom is -0.298 e. The molecule has 0 aromatic rings. The molecule has 4 fully saturated rings. The predicted molar refractivity (Wildman–Crippen MR) is 290 cm³/mol. The molecule has 4 atom stereocenters. The average molecular weight is 882 g/mol. The molecule has 0 saturated carbocycles. The van der Waals surface area contributed by atoms with Crippen molar-refractivity contribution in [3.05, 3.63) is 0 Å². The summed E-state index contributed by atoms with van der Waals surface area (Å²) >= 11 is 0. The first kappa shape index (κ1) is 68.4. The van der Waals surface area contributed by atoms with Crippen molar-refractivity contribution in [1.29, 1.82) is 0 Å². The molecule has 0 bridgehead atoms. The fourth-order valence-corrected chi connectivity index (χ4v) is 8.74. The van der Waals surface area contributed by atoms with Gasteiger partial charge in [0.25, 0.3) is 0 Å². The van der Waals surface area contributed by atoms with Crippen molar-refractivity contribution in [1.82, 2.24) is 19.6 Å². The Kier molecular flexibility index (Phi) is 32.6. The van der Waals surface area contributed by atoms with Crippen molar-refractivity contribution in [2.24, 2.45) is 45.3 Å². The third-order valence-corrected chi connectivity index (χ3v) is 13.9. The second-order valence-electron chi connectivity index (χ2n) is 26.6. The number of rotatable bonds is 0. The van der Waals surface area contributed by atoms with E-state index in [-0.39, 0.29) is 0 Å². The smallest absolute Gasteiger partial charge is 0.0125 e. The van der Waals surface area contributed by atoms with Gasteiger partial charge in [0.2, 0.25) is 0 Å². The third kappa shape index (κ3) is 28.1. The van der Waals surface area contributed by atoms with Gasteiger partial charge in [0.05, 0.1) is 0 Å². The maximum absolute atomic E-state index is 2.65. The van der Waals surface area contributed by atoms with E-state index in [1.807, 2.05) is 55.4 Å². The fraction of sp³-hybridized carbons (Fsp3) is 1.00. The highest BCUT2D eigenvalue weighted by atomic mass is 15.2. The molecule has 62 heavy (non-hydrogen) atoms. The van der Waals surface area contributed by atoms with Crippen LogP contribution >= 0.6 is 0 Å². The molecule has 0 N–H and O–H groups in total. The van der Waals surface area contributed by atoms with E-state index in [2.05, 4.69) is 186 Å². The van der Waals surface area contributed by atoms with Crippen molar-refractivity contribution in [3.63, 3.8) is 0 Å². The Hall–Kier alpha value is -0.160. The second kappa shape index (κ2) is 29.6. The summed E-state index contributed by atoms with van der Waals surface area (Å²) in [5, 5.41) is 0. The van der Waals surface area contributed by atoms with Crippen molar-refractivity contribution < 1.29 is 0 Å². The van der Waals surface area contributed by atoms with Crippen molar-refractivity contribution in [3.8, 4) is 0 Å². The van der Waals surface area contributed by atoms with Crippen LogP contribution in [0.3, 0.4) is 0 Å². The molecule has 0 spiro atoms. The zero-order valence-electron chi connectivity index (χ0n) is 50.0. The van der Waals surface area contributed by atoms with Gasteiger partial charge in [-0.2, -0.15) is 0 Å². The molecule has 4 nitrogen and oxygen atoms in total. The molecule has 380 valence electrons. The molecule has 0 aliphatic carbocycles. The van der Waals surface area contributed by atoms with Crippen molar-refractivity contribution in [2.45, 2.75) is 282 Å². The first-order valence-corrected chi connectivity index (χ1v) is 26.8. The van der Waals surface area contributed by atoms with Crippen LogP contribution in [0, 0.1) is 45.3 Å². The zero-order valence-corrected chi connectivity index (χ0v) is 50.0. The quantitative estimate of drug-likeness (QED) is 0.240. The number of piperidine rings is 2. The molecule has 4 aliphatic rings. The summed E-state index contributed by atoms with van der Waals surface area (Å²) in [7, 11) is 0. The summed E-state index contributed by atoms with van der Waals surface area (Å²) in [5.74, 6) is 3.50. The second-order valence-corrected chi connectivity index (χ2v) is 26.6. The van der Waals surface area contributed by atoms with Gasteiger partial charge in [-0.05, 0) is 193 Å². The maximum atomic E-state index is 2.65. The van der Waals surface area contributed by atoms with Crippen LogP contribution in [0.1, 0.15) is 260 Å².